The van der Waals surface area contributed by atoms with Gasteiger partial charge in [0.05, 0.1) is 5.56 Å². The lowest BCUT2D eigenvalue weighted by molar-refractivity contribution is 0.0655. The lowest BCUT2D eigenvalue weighted by atomic mass is 9.96. The van der Waals surface area contributed by atoms with Gasteiger partial charge in [-0.1, -0.05) is 30.3 Å². The summed E-state index contributed by atoms with van der Waals surface area (Å²) in [6, 6.07) is 16.8. The molecule has 0 spiro atoms. The maximum atomic E-state index is 12.7. The Morgan fingerprint density at radius 3 is 2.54 bits per heavy atom. The van der Waals surface area contributed by atoms with E-state index < -0.39 is 0 Å². The molecule has 28 heavy (non-hydrogen) atoms. The molecule has 2 amide bonds. The predicted octanol–water partition coefficient (Wildman–Crippen LogP) is 4.48. The van der Waals surface area contributed by atoms with E-state index in [1.807, 2.05) is 53.4 Å². The van der Waals surface area contributed by atoms with Crippen LogP contribution in [0.3, 0.4) is 0 Å². The normalized spacial score (nSPS) is 15.0. The first kappa shape index (κ1) is 18.7. The zero-order chi connectivity index (χ0) is 19.5. The number of fused-ring (bicyclic) bond motifs is 1. The number of nitrogens with one attached hydrogen (secondary N) is 1. The van der Waals surface area contributed by atoms with Crippen molar-refractivity contribution in [3.63, 3.8) is 0 Å². The number of carbonyl (C=O) groups excluding carboxylic acids is 2. The Morgan fingerprint density at radius 1 is 1.07 bits per heavy atom. The largest absolute Gasteiger partial charge is 0.451 e. The number of hydrogen-bond acceptors (Lipinski definition) is 3. The number of amides is 2. The Bertz CT molecular complexity index is 973. The maximum Gasteiger partial charge on any atom is 0.289 e. The van der Waals surface area contributed by atoms with Crippen molar-refractivity contribution in [1.29, 1.82) is 0 Å². The molecule has 1 N–H and O–H groups in total. The summed E-state index contributed by atoms with van der Waals surface area (Å²) >= 11 is 3.41. The van der Waals surface area contributed by atoms with Crippen molar-refractivity contribution >= 4 is 38.7 Å². The summed E-state index contributed by atoms with van der Waals surface area (Å²) in [5.41, 5.74) is 1.37. The molecular weight excluding hydrogens is 420 g/mol. The molecule has 1 fully saturated rings. The van der Waals surface area contributed by atoms with Crippen LogP contribution in [0.4, 0.5) is 0 Å². The summed E-state index contributed by atoms with van der Waals surface area (Å²) < 4.78 is 6.49. The smallest absolute Gasteiger partial charge is 0.289 e. The summed E-state index contributed by atoms with van der Waals surface area (Å²) in [5, 5.41) is 3.95. The van der Waals surface area contributed by atoms with Crippen LogP contribution in [0.2, 0.25) is 0 Å². The van der Waals surface area contributed by atoms with Crippen molar-refractivity contribution in [2.45, 2.75) is 12.8 Å². The second-order valence-electron chi connectivity index (χ2n) is 7.07. The minimum atomic E-state index is -0.0757. The van der Waals surface area contributed by atoms with Gasteiger partial charge < -0.3 is 14.6 Å². The van der Waals surface area contributed by atoms with Gasteiger partial charge in [0.1, 0.15) is 5.58 Å². The van der Waals surface area contributed by atoms with Gasteiger partial charge in [0.2, 0.25) is 0 Å². The van der Waals surface area contributed by atoms with Crippen LogP contribution in [0.25, 0.3) is 11.0 Å². The van der Waals surface area contributed by atoms with Crippen LogP contribution in [0, 0.1) is 5.92 Å². The Hall–Kier alpha value is -2.60. The molecule has 2 aromatic carbocycles. The van der Waals surface area contributed by atoms with Gasteiger partial charge >= 0.3 is 0 Å². The molecule has 0 radical (unpaired) electrons. The fourth-order valence-electron chi connectivity index (χ4n) is 3.56. The highest BCUT2D eigenvalue weighted by molar-refractivity contribution is 9.10. The molecule has 6 heteroatoms. The summed E-state index contributed by atoms with van der Waals surface area (Å²) in [4.78, 5) is 26.9. The van der Waals surface area contributed by atoms with Gasteiger partial charge in [-0.05, 0) is 59.0 Å². The quantitative estimate of drug-likeness (QED) is 0.650. The molecule has 0 bridgehead atoms. The van der Waals surface area contributed by atoms with Crippen molar-refractivity contribution in [2.24, 2.45) is 5.92 Å². The summed E-state index contributed by atoms with van der Waals surface area (Å²) in [5.74, 6) is 0.619. The lowest BCUT2D eigenvalue weighted by Gasteiger charge is -2.31. The molecule has 1 aromatic heterocycles. The molecular formula is C22H21BrN2O3. The van der Waals surface area contributed by atoms with E-state index in [0.717, 1.165) is 28.3 Å². The molecule has 5 nitrogen and oxygen atoms in total. The predicted molar refractivity (Wildman–Crippen MR) is 111 cm³/mol. The average Bonchev–Trinajstić information content (AvgIpc) is 3.16. The molecule has 1 aliphatic rings. The fraction of sp³-hybridized carbons (Fsp3) is 0.273. The fourth-order valence-corrected chi connectivity index (χ4v) is 4.03. The summed E-state index contributed by atoms with van der Waals surface area (Å²) in [7, 11) is 0. The van der Waals surface area contributed by atoms with E-state index in [-0.39, 0.29) is 11.8 Å². The number of benzene rings is 2. The molecule has 4 rings (SSSR count). The number of hydrogen-bond donors (Lipinski definition) is 1. The number of halogens is 1. The number of carbonyl (C=O) groups is 2. The van der Waals surface area contributed by atoms with Gasteiger partial charge in [-0.3, -0.25) is 9.59 Å². The lowest BCUT2D eigenvalue weighted by Crippen LogP contribution is -2.41. The van der Waals surface area contributed by atoms with E-state index in [9.17, 15) is 9.59 Å². The highest BCUT2D eigenvalue weighted by Crippen LogP contribution is 2.23. The second-order valence-corrected chi connectivity index (χ2v) is 7.93. The minimum absolute atomic E-state index is 0.0631. The Labute approximate surface area is 171 Å². The van der Waals surface area contributed by atoms with Gasteiger partial charge in [-0.25, -0.2) is 0 Å². The third-order valence-corrected chi connectivity index (χ3v) is 5.90. The zero-order valence-electron chi connectivity index (χ0n) is 15.4. The van der Waals surface area contributed by atoms with Crippen molar-refractivity contribution < 1.29 is 14.0 Å². The molecule has 0 unspecified atom stereocenters. The van der Waals surface area contributed by atoms with Crippen LogP contribution in [-0.4, -0.2) is 36.3 Å². The van der Waals surface area contributed by atoms with Crippen LogP contribution < -0.4 is 5.32 Å². The first-order valence-electron chi connectivity index (χ1n) is 9.42. The molecule has 1 aliphatic heterocycles. The van der Waals surface area contributed by atoms with Crippen molar-refractivity contribution in [1.82, 2.24) is 10.2 Å². The standard InChI is InChI=1S/C22H21BrN2O3/c23-18-7-3-2-6-17(18)21(26)24-14-15-9-11-25(12-10-15)22(27)20-13-16-5-1-4-8-19(16)28-20/h1-8,13,15H,9-12,14H2,(H,24,26). The van der Waals surface area contributed by atoms with E-state index in [2.05, 4.69) is 21.2 Å². The van der Waals surface area contributed by atoms with Gasteiger partial charge in [0, 0.05) is 29.5 Å². The van der Waals surface area contributed by atoms with Crippen LogP contribution in [0.1, 0.15) is 33.8 Å². The topological polar surface area (TPSA) is 62.6 Å². The number of piperidine rings is 1. The van der Waals surface area contributed by atoms with Gasteiger partial charge in [0.25, 0.3) is 11.8 Å². The van der Waals surface area contributed by atoms with Gasteiger partial charge in [-0.15, -0.1) is 0 Å². The molecule has 0 aliphatic carbocycles. The van der Waals surface area contributed by atoms with Crippen LogP contribution in [-0.2, 0) is 0 Å². The monoisotopic (exact) mass is 440 g/mol. The number of likely N-dealkylation sites (tertiary alicyclic amines) is 1. The van der Waals surface area contributed by atoms with E-state index in [4.69, 9.17) is 4.42 Å². The van der Waals surface area contributed by atoms with Gasteiger partial charge in [0.15, 0.2) is 5.76 Å². The van der Waals surface area contributed by atoms with E-state index in [1.54, 1.807) is 6.07 Å². The third-order valence-electron chi connectivity index (χ3n) is 5.21. The van der Waals surface area contributed by atoms with Crippen LogP contribution >= 0.6 is 15.9 Å². The number of rotatable bonds is 4. The molecule has 144 valence electrons. The van der Waals surface area contributed by atoms with Crippen molar-refractivity contribution in [2.75, 3.05) is 19.6 Å². The van der Waals surface area contributed by atoms with E-state index >= 15 is 0 Å². The second kappa shape index (κ2) is 8.19. The zero-order valence-corrected chi connectivity index (χ0v) is 16.9. The molecule has 1 saturated heterocycles. The molecule has 0 saturated carbocycles. The van der Waals surface area contributed by atoms with Crippen molar-refractivity contribution in [3.05, 3.63) is 70.4 Å². The Balaban J connectivity index is 1.30. The average molecular weight is 441 g/mol. The SMILES string of the molecule is O=C(NCC1CCN(C(=O)c2cc3ccccc3o2)CC1)c1ccccc1Br. The summed E-state index contributed by atoms with van der Waals surface area (Å²) in [6.45, 7) is 1.96. The first-order chi connectivity index (χ1) is 13.6. The molecule has 3 aromatic rings. The maximum absolute atomic E-state index is 12.7. The first-order valence-corrected chi connectivity index (χ1v) is 10.2. The number of nitrogens with zero attached hydrogens (tertiary/aromatic N) is 1. The molecule has 0 atom stereocenters. The highest BCUT2D eigenvalue weighted by Gasteiger charge is 2.26. The summed E-state index contributed by atoms with van der Waals surface area (Å²) in [6.07, 6.45) is 1.73. The van der Waals surface area contributed by atoms with E-state index in [0.29, 0.717) is 36.9 Å². The van der Waals surface area contributed by atoms with Crippen LogP contribution in [0.5, 0.6) is 0 Å². The Morgan fingerprint density at radius 2 is 1.79 bits per heavy atom. The number of para-hydroxylation sites is 1. The van der Waals surface area contributed by atoms with Crippen molar-refractivity contribution in [3.8, 4) is 0 Å². The third kappa shape index (κ3) is 3.97. The Kier molecular flexibility index (Phi) is 5.48. The van der Waals surface area contributed by atoms with E-state index in [1.165, 1.54) is 0 Å². The van der Waals surface area contributed by atoms with Gasteiger partial charge in [-0.2, -0.15) is 0 Å². The number of furan rings is 1. The minimum Gasteiger partial charge on any atom is -0.451 e. The highest BCUT2D eigenvalue weighted by atomic mass is 79.9. The van der Waals surface area contributed by atoms with Crippen LogP contribution in [0.15, 0.2) is 63.5 Å². The molecule has 2 heterocycles.